The average Bonchev–Trinajstić information content (AvgIpc) is 3.61. The van der Waals surface area contributed by atoms with Crippen LogP contribution in [0, 0.1) is 5.92 Å². The van der Waals surface area contributed by atoms with E-state index in [4.69, 9.17) is 4.42 Å². The van der Waals surface area contributed by atoms with Gasteiger partial charge in [-0.1, -0.05) is 0 Å². The molecular weight excluding hydrogens is 463 g/mol. The molecule has 2 fully saturated rings. The Hall–Kier alpha value is -3.50. The predicted molar refractivity (Wildman–Crippen MR) is 122 cm³/mol. The molecule has 0 atom stereocenters. The molecule has 35 heavy (non-hydrogen) atoms. The van der Waals surface area contributed by atoms with Crippen molar-refractivity contribution >= 4 is 28.9 Å². The lowest BCUT2D eigenvalue weighted by molar-refractivity contribution is -0.137. The number of alkyl halides is 3. The molecular formula is C24H26F3N5O3. The van der Waals surface area contributed by atoms with Gasteiger partial charge in [-0.05, 0) is 56.0 Å². The third-order valence-electron chi connectivity index (χ3n) is 6.72. The molecule has 2 aliphatic rings. The molecule has 0 unspecified atom stereocenters. The van der Waals surface area contributed by atoms with E-state index in [0.29, 0.717) is 37.2 Å². The molecule has 4 heterocycles. The number of fused-ring (bicyclic) bond motifs is 1. The van der Waals surface area contributed by atoms with Crippen LogP contribution in [0.3, 0.4) is 0 Å². The summed E-state index contributed by atoms with van der Waals surface area (Å²) in [4.78, 5) is 33.6. The van der Waals surface area contributed by atoms with Gasteiger partial charge in [-0.15, -0.1) is 0 Å². The molecule has 0 radical (unpaired) electrons. The van der Waals surface area contributed by atoms with E-state index in [1.54, 1.807) is 21.6 Å². The van der Waals surface area contributed by atoms with Crippen LogP contribution in [0.1, 0.15) is 37.0 Å². The number of rotatable bonds is 4. The van der Waals surface area contributed by atoms with Crippen LogP contribution in [-0.2, 0) is 17.5 Å². The number of carbonyl (C=O) groups is 2. The maximum atomic E-state index is 13.2. The molecule has 2 aromatic heterocycles. The van der Waals surface area contributed by atoms with Crippen molar-refractivity contribution in [1.29, 1.82) is 0 Å². The highest BCUT2D eigenvalue weighted by atomic mass is 19.4. The number of aromatic nitrogens is 2. The number of piperidine rings is 1. The Morgan fingerprint density at radius 1 is 1.06 bits per heavy atom. The van der Waals surface area contributed by atoms with E-state index in [-0.39, 0.29) is 35.9 Å². The summed E-state index contributed by atoms with van der Waals surface area (Å²) in [6.45, 7) is 2.74. The Bertz CT molecular complexity index is 1210. The van der Waals surface area contributed by atoms with Crippen molar-refractivity contribution in [3.63, 3.8) is 0 Å². The van der Waals surface area contributed by atoms with Gasteiger partial charge < -0.3 is 18.8 Å². The standard InChI is InChI=1S/C24H26F3N5O3/c25-24(26,27)17-5-6-20-19(14-17)28-22(32(20)15-18-4-3-13-35-18)29-21(33)16-7-11-31(12-8-16)23(34)30-9-1-2-10-30/h3-6,13-14,16H,1-2,7-12,15H2,(H,28,29,33). The van der Waals surface area contributed by atoms with Gasteiger partial charge in [0.2, 0.25) is 11.9 Å². The van der Waals surface area contributed by atoms with Crippen molar-refractivity contribution in [1.82, 2.24) is 19.4 Å². The molecule has 5 rings (SSSR count). The summed E-state index contributed by atoms with van der Waals surface area (Å²) in [5.41, 5.74) is -0.219. The molecule has 0 saturated carbocycles. The summed E-state index contributed by atoms with van der Waals surface area (Å²) in [6, 6.07) is 6.82. The fourth-order valence-electron chi connectivity index (χ4n) is 4.77. The molecule has 2 saturated heterocycles. The van der Waals surface area contributed by atoms with Crippen LogP contribution < -0.4 is 5.32 Å². The maximum Gasteiger partial charge on any atom is 0.416 e. The number of furan rings is 1. The number of urea groups is 1. The smallest absolute Gasteiger partial charge is 0.416 e. The Kier molecular flexibility index (Phi) is 6.16. The topological polar surface area (TPSA) is 83.6 Å². The molecule has 0 aliphatic carbocycles. The van der Waals surface area contributed by atoms with Crippen LogP contribution in [0.5, 0.6) is 0 Å². The van der Waals surface area contributed by atoms with Gasteiger partial charge >= 0.3 is 12.2 Å². The molecule has 1 aromatic carbocycles. The highest BCUT2D eigenvalue weighted by molar-refractivity contribution is 5.93. The molecule has 11 heteroatoms. The summed E-state index contributed by atoms with van der Waals surface area (Å²) in [6.07, 6.45) is 0.0841. The van der Waals surface area contributed by atoms with Crippen molar-refractivity contribution in [3.8, 4) is 0 Å². The highest BCUT2D eigenvalue weighted by Gasteiger charge is 2.33. The first-order chi connectivity index (χ1) is 16.8. The molecule has 3 aromatic rings. The third kappa shape index (κ3) is 4.85. The second-order valence-corrected chi connectivity index (χ2v) is 9.03. The first-order valence-corrected chi connectivity index (χ1v) is 11.7. The summed E-state index contributed by atoms with van der Waals surface area (Å²) in [5, 5.41) is 2.82. The predicted octanol–water partition coefficient (Wildman–Crippen LogP) is 4.56. The fourth-order valence-corrected chi connectivity index (χ4v) is 4.77. The molecule has 8 nitrogen and oxygen atoms in total. The molecule has 2 aliphatic heterocycles. The molecule has 1 N–H and O–H groups in total. The third-order valence-corrected chi connectivity index (χ3v) is 6.72. The van der Waals surface area contributed by atoms with Crippen molar-refractivity contribution in [2.24, 2.45) is 5.92 Å². The van der Waals surface area contributed by atoms with E-state index < -0.39 is 11.7 Å². The van der Waals surface area contributed by atoms with Crippen LogP contribution >= 0.6 is 0 Å². The number of benzene rings is 1. The van der Waals surface area contributed by atoms with Crippen LogP contribution in [0.15, 0.2) is 41.0 Å². The highest BCUT2D eigenvalue weighted by Crippen LogP contribution is 2.33. The lowest BCUT2D eigenvalue weighted by Crippen LogP contribution is -2.47. The number of carbonyl (C=O) groups excluding carboxylic acids is 2. The maximum absolute atomic E-state index is 13.2. The van der Waals surface area contributed by atoms with Crippen LogP contribution in [0.2, 0.25) is 0 Å². The lowest BCUT2D eigenvalue weighted by atomic mass is 9.96. The average molecular weight is 489 g/mol. The number of imidazole rings is 1. The van der Waals surface area contributed by atoms with Crippen LogP contribution in [0.25, 0.3) is 11.0 Å². The largest absolute Gasteiger partial charge is 0.467 e. The van der Waals surface area contributed by atoms with Gasteiger partial charge in [0, 0.05) is 32.1 Å². The number of likely N-dealkylation sites (tertiary alicyclic amines) is 2. The van der Waals surface area contributed by atoms with Gasteiger partial charge in [-0.25, -0.2) is 9.78 Å². The van der Waals surface area contributed by atoms with Crippen molar-refractivity contribution in [2.75, 3.05) is 31.5 Å². The van der Waals surface area contributed by atoms with E-state index in [0.717, 1.165) is 38.1 Å². The lowest BCUT2D eigenvalue weighted by Gasteiger charge is -2.33. The van der Waals surface area contributed by atoms with Gasteiger partial charge in [0.05, 0.1) is 29.4 Å². The van der Waals surface area contributed by atoms with Gasteiger partial charge in [-0.2, -0.15) is 13.2 Å². The zero-order valence-electron chi connectivity index (χ0n) is 19.1. The Morgan fingerprint density at radius 2 is 1.77 bits per heavy atom. The zero-order valence-corrected chi connectivity index (χ0v) is 19.1. The molecule has 0 bridgehead atoms. The SMILES string of the molecule is O=C(Nc1nc2cc(C(F)(F)F)ccc2n1Cc1ccco1)C1CCN(C(=O)N2CCCC2)CC1. The molecule has 186 valence electrons. The number of hydrogen-bond donors (Lipinski definition) is 1. The number of amides is 3. The normalized spacial score (nSPS) is 17.3. The Morgan fingerprint density at radius 3 is 2.43 bits per heavy atom. The summed E-state index contributed by atoms with van der Waals surface area (Å²) >= 11 is 0. The molecule has 3 amide bonds. The van der Waals surface area contributed by atoms with Crippen LogP contribution in [0.4, 0.5) is 23.9 Å². The number of anilines is 1. The Balaban J connectivity index is 1.33. The summed E-state index contributed by atoms with van der Waals surface area (Å²) in [5.74, 6) is 0.162. The Labute approximate surface area is 199 Å². The van der Waals surface area contributed by atoms with Crippen molar-refractivity contribution in [3.05, 3.63) is 47.9 Å². The minimum Gasteiger partial charge on any atom is -0.467 e. The minimum absolute atomic E-state index is 0.0297. The summed E-state index contributed by atoms with van der Waals surface area (Å²) in [7, 11) is 0. The zero-order chi connectivity index (χ0) is 24.6. The fraction of sp³-hybridized carbons (Fsp3) is 0.458. The van der Waals surface area contributed by atoms with Gasteiger partial charge in [-0.3, -0.25) is 10.1 Å². The number of nitrogens with zero attached hydrogens (tertiary/aromatic N) is 4. The van der Waals surface area contributed by atoms with Crippen molar-refractivity contribution in [2.45, 2.75) is 38.4 Å². The molecule has 0 spiro atoms. The van der Waals surface area contributed by atoms with E-state index >= 15 is 0 Å². The van der Waals surface area contributed by atoms with Crippen LogP contribution in [-0.4, -0.2) is 57.5 Å². The van der Waals surface area contributed by atoms with Gasteiger partial charge in [0.1, 0.15) is 5.76 Å². The van der Waals surface area contributed by atoms with Gasteiger partial charge in [0.15, 0.2) is 0 Å². The van der Waals surface area contributed by atoms with E-state index in [1.165, 1.54) is 12.3 Å². The minimum atomic E-state index is -4.50. The first-order valence-electron chi connectivity index (χ1n) is 11.7. The van der Waals surface area contributed by atoms with E-state index in [9.17, 15) is 22.8 Å². The monoisotopic (exact) mass is 489 g/mol. The van der Waals surface area contributed by atoms with Crippen molar-refractivity contribution < 1.29 is 27.2 Å². The van der Waals surface area contributed by atoms with E-state index in [1.807, 2.05) is 4.90 Å². The quantitative estimate of drug-likeness (QED) is 0.582. The first kappa shape index (κ1) is 23.3. The second kappa shape index (κ2) is 9.27. The van der Waals surface area contributed by atoms with E-state index in [2.05, 4.69) is 10.3 Å². The number of halogens is 3. The number of hydrogen-bond acceptors (Lipinski definition) is 4. The number of nitrogens with one attached hydrogen (secondary N) is 1. The second-order valence-electron chi connectivity index (χ2n) is 9.03. The summed E-state index contributed by atoms with van der Waals surface area (Å²) < 4.78 is 46.7. The van der Waals surface area contributed by atoms with Gasteiger partial charge in [0.25, 0.3) is 0 Å².